The summed E-state index contributed by atoms with van der Waals surface area (Å²) in [5, 5.41) is 4.80. The first-order valence-corrected chi connectivity index (χ1v) is 11.1. The van der Waals surface area contributed by atoms with Crippen LogP contribution in [-0.2, 0) is 24.0 Å². The van der Waals surface area contributed by atoms with Gasteiger partial charge in [-0.05, 0) is 56.1 Å². The summed E-state index contributed by atoms with van der Waals surface area (Å²) in [6.07, 6.45) is 11.4. The number of rotatable bonds is 5. The lowest BCUT2D eigenvalue weighted by Crippen LogP contribution is -2.18. The van der Waals surface area contributed by atoms with Crippen molar-refractivity contribution in [2.24, 2.45) is 0 Å². The van der Waals surface area contributed by atoms with Crippen LogP contribution in [0, 0.1) is 0 Å². The van der Waals surface area contributed by atoms with Crippen LogP contribution in [0.2, 0.25) is 0 Å². The molecule has 4 heterocycles. The Labute approximate surface area is 163 Å². The third-order valence-electron chi connectivity index (χ3n) is 5.82. The number of hydrogen-bond donors (Lipinski definition) is 1. The van der Waals surface area contributed by atoms with Crippen molar-refractivity contribution in [1.29, 1.82) is 0 Å². The second kappa shape index (κ2) is 7.32. The Morgan fingerprint density at radius 3 is 2.89 bits per heavy atom. The molecule has 0 radical (unpaired) electrons. The molecule has 1 N–H and O–H groups in total. The predicted molar refractivity (Wildman–Crippen MR) is 111 cm³/mol. The van der Waals surface area contributed by atoms with Crippen LogP contribution in [0.3, 0.4) is 0 Å². The summed E-state index contributed by atoms with van der Waals surface area (Å²) in [7, 11) is 0. The quantitative estimate of drug-likeness (QED) is 0.695. The van der Waals surface area contributed by atoms with E-state index in [-0.39, 0.29) is 0 Å². The largest absolute Gasteiger partial charge is 0.376 e. The van der Waals surface area contributed by atoms with E-state index in [2.05, 4.69) is 22.2 Å². The minimum Gasteiger partial charge on any atom is -0.376 e. The Morgan fingerprint density at radius 1 is 1.19 bits per heavy atom. The molecule has 2 aliphatic rings. The topological polar surface area (TPSA) is 59.9 Å². The number of fused-ring (bicyclic) bond motifs is 5. The van der Waals surface area contributed by atoms with E-state index in [1.807, 2.05) is 0 Å². The number of anilines is 1. The van der Waals surface area contributed by atoms with Gasteiger partial charge in [0, 0.05) is 24.2 Å². The van der Waals surface area contributed by atoms with Crippen LogP contribution in [0.4, 0.5) is 5.82 Å². The Bertz CT molecular complexity index is 977. The van der Waals surface area contributed by atoms with Crippen molar-refractivity contribution in [2.75, 3.05) is 18.5 Å². The van der Waals surface area contributed by atoms with Crippen LogP contribution in [0.25, 0.3) is 20.4 Å². The second-order valence-corrected chi connectivity index (χ2v) is 8.67. The van der Waals surface area contributed by atoms with E-state index in [1.54, 1.807) is 17.7 Å². The first kappa shape index (κ1) is 17.3. The molecule has 1 aliphatic carbocycles. The van der Waals surface area contributed by atoms with Crippen molar-refractivity contribution in [3.05, 3.63) is 23.1 Å². The molecule has 1 saturated heterocycles. The zero-order chi connectivity index (χ0) is 18.2. The van der Waals surface area contributed by atoms with Crippen molar-refractivity contribution in [3.8, 4) is 0 Å². The molecule has 1 fully saturated rings. The van der Waals surface area contributed by atoms with Crippen molar-refractivity contribution < 1.29 is 4.74 Å². The number of ether oxygens (including phenoxy) is 1. The van der Waals surface area contributed by atoms with Gasteiger partial charge in [0.25, 0.3) is 0 Å². The smallest absolute Gasteiger partial charge is 0.147 e. The van der Waals surface area contributed by atoms with Gasteiger partial charge in [-0.15, -0.1) is 11.3 Å². The lowest BCUT2D eigenvalue weighted by molar-refractivity contribution is 0.120. The van der Waals surface area contributed by atoms with Crippen LogP contribution < -0.4 is 5.32 Å². The van der Waals surface area contributed by atoms with Crippen LogP contribution in [0.15, 0.2) is 6.33 Å². The van der Waals surface area contributed by atoms with E-state index >= 15 is 0 Å². The summed E-state index contributed by atoms with van der Waals surface area (Å²) in [5.41, 5.74) is 5.40. The number of hydrogen-bond acceptors (Lipinski definition) is 6. The molecule has 5 nitrogen and oxygen atoms in total. The van der Waals surface area contributed by atoms with E-state index in [9.17, 15) is 0 Å². The van der Waals surface area contributed by atoms with Gasteiger partial charge >= 0.3 is 0 Å². The molecule has 3 aromatic rings. The van der Waals surface area contributed by atoms with Crippen molar-refractivity contribution >= 4 is 37.6 Å². The number of aromatic nitrogens is 3. The first-order valence-electron chi connectivity index (χ1n) is 10.3. The molecular formula is C21H26N4OS. The second-order valence-electron chi connectivity index (χ2n) is 7.67. The van der Waals surface area contributed by atoms with Crippen LogP contribution in [-0.4, -0.2) is 34.2 Å². The van der Waals surface area contributed by atoms with Crippen LogP contribution >= 0.6 is 11.3 Å². The lowest BCUT2D eigenvalue weighted by Gasteiger charge is -2.19. The molecule has 0 spiro atoms. The van der Waals surface area contributed by atoms with Gasteiger partial charge in [-0.2, -0.15) is 0 Å². The maximum Gasteiger partial charge on any atom is 0.147 e. The third-order valence-corrected chi connectivity index (χ3v) is 6.90. The van der Waals surface area contributed by atoms with Gasteiger partial charge in [0.2, 0.25) is 0 Å². The molecule has 1 atom stereocenters. The van der Waals surface area contributed by atoms with E-state index in [1.165, 1.54) is 41.5 Å². The summed E-state index contributed by atoms with van der Waals surface area (Å²) < 4.78 is 6.89. The summed E-state index contributed by atoms with van der Waals surface area (Å²) in [6, 6.07) is 0. The molecule has 3 aromatic heterocycles. The van der Waals surface area contributed by atoms with Crippen molar-refractivity contribution in [3.63, 3.8) is 0 Å². The van der Waals surface area contributed by atoms with Gasteiger partial charge in [0.1, 0.15) is 17.0 Å². The summed E-state index contributed by atoms with van der Waals surface area (Å²) in [4.78, 5) is 15.4. The van der Waals surface area contributed by atoms with Gasteiger partial charge in [-0.1, -0.05) is 13.3 Å². The Kier molecular flexibility index (Phi) is 4.70. The number of nitrogens with zero attached hydrogens (tertiary/aromatic N) is 3. The van der Waals surface area contributed by atoms with Gasteiger partial charge < -0.3 is 10.1 Å². The molecule has 27 heavy (non-hydrogen) atoms. The molecule has 0 saturated carbocycles. The van der Waals surface area contributed by atoms with E-state index in [4.69, 9.17) is 9.72 Å². The fraction of sp³-hybridized carbons (Fsp3) is 0.571. The summed E-state index contributed by atoms with van der Waals surface area (Å²) in [5.74, 6) is 0.931. The Hall–Kier alpha value is -1.79. The number of nitrogens with one attached hydrogen (secondary N) is 1. The molecule has 0 bridgehead atoms. The van der Waals surface area contributed by atoms with Gasteiger partial charge in [0.05, 0.1) is 16.3 Å². The van der Waals surface area contributed by atoms with E-state index in [0.717, 1.165) is 66.1 Å². The normalized spacial score (nSPS) is 19.7. The zero-order valence-corrected chi connectivity index (χ0v) is 16.7. The molecule has 5 rings (SSSR count). The first-order chi connectivity index (χ1) is 13.3. The molecule has 0 amide bonds. The minimum atomic E-state index is 0.298. The number of thiophene rings is 1. The minimum absolute atomic E-state index is 0.298. The summed E-state index contributed by atoms with van der Waals surface area (Å²) in [6.45, 7) is 3.93. The monoisotopic (exact) mass is 382 g/mol. The van der Waals surface area contributed by atoms with Crippen molar-refractivity contribution in [1.82, 2.24) is 15.0 Å². The molecular weight excluding hydrogens is 356 g/mol. The molecule has 142 valence electrons. The fourth-order valence-corrected chi connectivity index (χ4v) is 5.67. The van der Waals surface area contributed by atoms with Crippen LogP contribution in [0.1, 0.15) is 55.8 Å². The zero-order valence-electron chi connectivity index (χ0n) is 15.9. The highest BCUT2D eigenvalue weighted by molar-refractivity contribution is 7.26. The standard InChI is InChI=1S/C21H26N4OS/c1-2-6-16-14-8-3-4-9-15(14)17-18-19(27-21(17)25-16)20(24-12-23-18)22-11-13-7-5-10-26-13/h12-13H,2-11H2,1H3,(H,22,23,24)/t13-/m0/s1. The number of aryl methyl sites for hydroxylation is 2. The van der Waals surface area contributed by atoms with Gasteiger partial charge in [0.15, 0.2) is 0 Å². The lowest BCUT2D eigenvalue weighted by atomic mass is 9.88. The average molecular weight is 383 g/mol. The summed E-state index contributed by atoms with van der Waals surface area (Å²) >= 11 is 1.74. The number of pyridine rings is 1. The maximum atomic E-state index is 5.75. The van der Waals surface area contributed by atoms with Crippen molar-refractivity contribution in [2.45, 2.75) is 64.4 Å². The highest BCUT2D eigenvalue weighted by Crippen LogP contribution is 2.40. The van der Waals surface area contributed by atoms with E-state index < -0.39 is 0 Å². The Balaban J connectivity index is 1.62. The Morgan fingerprint density at radius 2 is 2.07 bits per heavy atom. The van der Waals surface area contributed by atoms with Gasteiger partial charge in [-0.3, -0.25) is 0 Å². The molecule has 1 aliphatic heterocycles. The molecule has 0 aromatic carbocycles. The van der Waals surface area contributed by atoms with Gasteiger partial charge in [-0.25, -0.2) is 15.0 Å². The average Bonchev–Trinajstić information content (AvgIpc) is 3.34. The fourth-order valence-electron chi connectivity index (χ4n) is 4.52. The third kappa shape index (κ3) is 3.09. The predicted octanol–water partition coefficient (Wildman–Crippen LogP) is 4.66. The van der Waals surface area contributed by atoms with E-state index in [0.29, 0.717) is 6.10 Å². The SMILES string of the molecule is CCCc1nc2sc3c(NC[C@@H]4CCCO4)ncnc3c2c2c1CCCC2. The van der Waals surface area contributed by atoms with Crippen LogP contribution in [0.5, 0.6) is 0 Å². The maximum absolute atomic E-state index is 5.75. The highest BCUT2D eigenvalue weighted by Gasteiger charge is 2.23. The molecule has 6 heteroatoms. The highest BCUT2D eigenvalue weighted by atomic mass is 32.1. The molecule has 0 unspecified atom stereocenters.